The molecule has 1 amide bonds. The van der Waals surface area contributed by atoms with Crippen LogP contribution < -0.4 is 5.73 Å². The topological polar surface area (TPSA) is 83.0 Å². The van der Waals surface area contributed by atoms with Gasteiger partial charge in [0.05, 0.1) is 12.6 Å². The first kappa shape index (κ1) is 17.9. The van der Waals surface area contributed by atoms with Crippen molar-refractivity contribution >= 4 is 17.7 Å². The van der Waals surface area contributed by atoms with E-state index in [2.05, 4.69) is 39.9 Å². The molecule has 6 nitrogen and oxygen atoms in total. The van der Waals surface area contributed by atoms with E-state index in [0.29, 0.717) is 6.42 Å². The summed E-state index contributed by atoms with van der Waals surface area (Å²) in [6.07, 6.45) is 3.14. The van der Waals surface area contributed by atoms with E-state index in [-0.39, 0.29) is 18.4 Å². The summed E-state index contributed by atoms with van der Waals surface area (Å²) in [6, 6.07) is 8.35. The zero-order valence-electron chi connectivity index (χ0n) is 14.5. The number of nitrogens with zero attached hydrogens (tertiary/aromatic N) is 3. The molecule has 1 aromatic carbocycles. The van der Waals surface area contributed by atoms with Crippen molar-refractivity contribution in [2.24, 2.45) is 5.73 Å². The van der Waals surface area contributed by atoms with Crippen LogP contribution in [0, 0.1) is 6.92 Å². The van der Waals surface area contributed by atoms with E-state index in [1.807, 2.05) is 6.07 Å². The number of primary amides is 1. The second kappa shape index (κ2) is 8.49. The number of carbonyl (C=O) groups excluding carboxylic acids is 1. The number of benzene rings is 1. The molecule has 1 unspecified atom stereocenters. The van der Waals surface area contributed by atoms with E-state index in [1.54, 1.807) is 11.8 Å². The van der Waals surface area contributed by atoms with Crippen LogP contribution >= 0.6 is 11.8 Å². The van der Waals surface area contributed by atoms with Crippen LogP contribution in [0.5, 0.6) is 0 Å². The molecule has 3 rings (SSSR count). The van der Waals surface area contributed by atoms with E-state index in [4.69, 9.17) is 10.5 Å². The molecule has 25 heavy (non-hydrogen) atoms. The summed E-state index contributed by atoms with van der Waals surface area (Å²) < 4.78 is 7.87. The second-order valence-electron chi connectivity index (χ2n) is 6.33. The molecule has 1 atom stereocenters. The first-order valence-electron chi connectivity index (χ1n) is 8.63. The predicted octanol–water partition coefficient (Wildman–Crippen LogP) is 2.48. The van der Waals surface area contributed by atoms with Gasteiger partial charge in [0.2, 0.25) is 5.91 Å². The number of ether oxygens (including phenoxy) is 1. The van der Waals surface area contributed by atoms with Gasteiger partial charge < -0.3 is 15.0 Å². The second-order valence-corrected chi connectivity index (χ2v) is 7.27. The van der Waals surface area contributed by atoms with Gasteiger partial charge in [-0.25, -0.2) is 0 Å². The number of hydrogen-bond donors (Lipinski definition) is 1. The van der Waals surface area contributed by atoms with Crippen molar-refractivity contribution in [3.63, 3.8) is 0 Å². The molecule has 2 N–H and O–H groups in total. The van der Waals surface area contributed by atoms with Gasteiger partial charge in [-0.3, -0.25) is 4.79 Å². The van der Waals surface area contributed by atoms with Crippen molar-refractivity contribution in [3.8, 4) is 0 Å². The monoisotopic (exact) mass is 360 g/mol. The molecular weight excluding hydrogens is 336 g/mol. The first-order valence-corrected chi connectivity index (χ1v) is 9.61. The number of aryl methyl sites for hydroxylation is 2. The molecule has 7 heteroatoms. The Morgan fingerprint density at radius 2 is 2.24 bits per heavy atom. The van der Waals surface area contributed by atoms with Crippen LogP contribution in [0.4, 0.5) is 0 Å². The van der Waals surface area contributed by atoms with E-state index in [1.165, 1.54) is 11.1 Å². The summed E-state index contributed by atoms with van der Waals surface area (Å²) in [5.74, 6) is 1.33. The Hall–Kier alpha value is -1.86. The lowest BCUT2D eigenvalue weighted by molar-refractivity contribution is -0.118. The molecule has 134 valence electrons. The molecule has 1 fully saturated rings. The first-order chi connectivity index (χ1) is 12.1. The van der Waals surface area contributed by atoms with Crippen LogP contribution in [-0.4, -0.2) is 33.4 Å². The van der Waals surface area contributed by atoms with E-state index < -0.39 is 0 Å². The van der Waals surface area contributed by atoms with Crippen molar-refractivity contribution in [3.05, 3.63) is 41.2 Å². The third kappa shape index (κ3) is 4.83. The van der Waals surface area contributed by atoms with Gasteiger partial charge in [-0.1, -0.05) is 36.0 Å². The minimum absolute atomic E-state index is 0.195. The van der Waals surface area contributed by atoms with Gasteiger partial charge in [-0.05, 0) is 30.9 Å². The van der Waals surface area contributed by atoms with Crippen molar-refractivity contribution in [2.45, 2.75) is 56.2 Å². The number of thioether (sulfide) groups is 1. The van der Waals surface area contributed by atoms with Crippen molar-refractivity contribution in [2.75, 3.05) is 6.61 Å². The maximum Gasteiger partial charge on any atom is 0.217 e. The molecule has 1 aliphatic heterocycles. The highest BCUT2D eigenvalue weighted by Gasteiger charge is 2.21. The van der Waals surface area contributed by atoms with Crippen LogP contribution in [0.2, 0.25) is 0 Å². The molecular formula is C18H24N4O2S. The van der Waals surface area contributed by atoms with Crippen molar-refractivity contribution < 1.29 is 9.53 Å². The van der Waals surface area contributed by atoms with Gasteiger partial charge in [-0.2, -0.15) is 0 Å². The minimum Gasteiger partial charge on any atom is -0.376 e. The number of amides is 1. The Kier molecular flexibility index (Phi) is 6.09. The molecule has 0 radical (unpaired) electrons. The lowest BCUT2D eigenvalue weighted by atomic mass is 10.1. The van der Waals surface area contributed by atoms with Gasteiger partial charge in [0, 0.05) is 25.2 Å². The van der Waals surface area contributed by atoms with E-state index >= 15 is 0 Å². The molecule has 0 bridgehead atoms. The van der Waals surface area contributed by atoms with Crippen LogP contribution in [-0.2, 0) is 28.2 Å². The number of aromatic nitrogens is 3. The minimum atomic E-state index is -0.319. The summed E-state index contributed by atoms with van der Waals surface area (Å²) in [5, 5.41) is 9.52. The highest BCUT2D eigenvalue weighted by atomic mass is 32.2. The highest BCUT2D eigenvalue weighted by Crippen LogP contribution is 2.25. The standard InChI is InChI=1S/C18H24N4O2S/c1-13-5-2-3-6-14(13)12-25-18-21-20-17(9-8-16(19)23)22(18)11-15-7-4-10-24-15/h2-3,5-6,15H,4,7-12H2,1H3,(H2,19,23). The predicted molar refractivity (Wildman–Crippen MR) is 97.3 cm³/mol. The Labute approximate surface area is 152 Å². The number of nitrogens with two attached hydrogens (primary N) is 1. The molecule has 2 aromatic rings. The smallest absolute Gasteiger partial charge is 0.217 e. The van der Waals surface area contributed by atoms with Crippen LogP contribution in [0.25, 0.3) is 0 Å². The fraction of sp³-hybridized carbons (Fsp3) is 0.500. The molecule has 1 aliphatic rings. The molecule has 2 heterocycles. The Morgan fingerprint density at radius 1 is 1.40 bits per heavy atom. The summed E-state index contributed by atoms with van der Waals surface area (Å²) in [7, 11) is 0. The van der Waals surface area contributed by atoms with Crippen molar-refractivity contribution in [1.29, 1.82) is 0 Å². The normalized spacial score (nSPS) is 17.1. The fourth-order valence-electron chi connectivity index (χ4n) is 2.94. The average Bonchev–Trinajstić information content (AvgIpc) is 3.23. The Bertz CT molecular complexity index is 726. The highest BCUT2D eigenvalue weighted by molar-refractivity contribution is 7.98. The average molecular weight is 360 g/mol. The van der Waals surface area contributed by atoms with Gasteiger partial charge >= 0.3 is 0 Å². The lowest BCUT2D eigenvalue weighted by Crippen LogP contribution is -2.19. The molecule has 0 saturated carbocycles. The zero-order valence-corrected chi connectivity index (χ0v) is 15.3. The summed E-state index contributed by atoms with van der Waals surface area (Å²) >= 11 is 1.67. The maximum atomic E-state index is 11.1. The SMILES string of the molecule is Cc1ccccc1CSc1nnc(CCC(N)=O)n1CC1CCCO1. The molecule has 1 saturated heterocycles. The third-order valence-corrected chi connectivity index (χ3v) is 5.43. The summed E-state index contributed by atoms with van der Waals surface area (Å²) in [5.41, 5.74) is 7.85. The van der Waals surface area contributed by atoms with Gasteiger partial charge in [0.15, 0.2) is 5.16 Å². The van der Waals surface area contributed by atoms with E-state index in [9.17, 15) is 4.79 Å². The molecule has 0 aliphatic carbocycles. The van der Waals surface area contributed by atoms with Crippen LogP contribution in [0.3, 0.4) is 0 Å². The molecule has 0 spiro atoms. The Balaban J connectivity index is 1.74. The Morgan fingerprint density at radius 3 is 2.96 bits per heavy atom. The summed E-state index contributed by atoms with van der Waals surface area (Å²) in [4.78, 5) is 11.1. The lowest BCUT2D eigenvalue weighted by Gasteiger charge is -2.14. The van der Waals surface area contributed by atoms with Crippen LogP contribution in [0.1, 0.15) is 36.2 Å². The number of rotatable bonds is 8. The molecule has 1 aromatic heterocycles. The number of carbonyl (C=O) groups is 1. The van der Waals surface area contributed by atoms with Gasteiger partial charge in [0.25, 0.3) is 0 Å². The number of hydrogen-bond acceptors (Lipinski definition) is 5. The van der Waals surface area contributed by atoms with Gasteiger partial charge in [0.1, 0.15) is 5.82 Å². The van der Waals surface area contributed by atoms with Gasteiger partial charge in [-0.15, -0.1) is 10.2 Å². The fourth-order valence-corrected chi connectivity index (χ4v) is 3.98. The maximum absolute atomic E-state index is 11.1. The zero-order chi connectivity index (χ0) is 17.6. The quantitative estimate of drug-likeness (QED) is 0.731. The van der Waals surface area contributed by atoms with Crippen LogP contribution in [0.15, 0.2) is 29.4 Å². The summed E-state index contributed by atoms with van der Waals surface area (Å²) in [6.45, 7) is 3.66. The van der Waals surface area contributed by atoms with E-state index in [0.717, 1.165) is 42.7 Å². The third-order valence-electron chi connectivity index (χ3n) is 4.42. The van der Waals surface area contributed by atoms with Crippen molar-refractivity contribution in [1.82, 2.24) is 14.8 Å². The largest absolute Gasteiger partial charge is 0.376 e.